The van der Waals surface area contributed by atoms with Crippen molar-refractivity contribution in [3.63, 3.8) is 0 Å². The van der Waals surface area contributed by atoms with Crippen molar-refractivity contribution in [2.75, 3.05) is 16.2 Å². The van der Waals surface area contributed by atoms with Gasteiger partial charge in [0.25, 0.3) is 10.0 Å². The van der Waals surface area contributed by atoms with Gasteiger partial charge in [-0.2, -0.15) is 13.2 Å². The van der Waals surface area contributed by atoms with Gasteiger partial charge in [0, 0.05) is 12.6 Å². The van der Waals surface area contributed by atoms with Gasteiger partial charge in [0.15, 0.2) is 0 Å². The molecule has 1 aliphatic rings. The maximum atomic E-state index is 12.6. The maximum Gasteiger partial charge on any atom is 0.416 e. The zero-order valence-electron chi connectivity index (χ0n) is 14.9. The van der Waals surface area contributed by atoms with Crippen molar-refractivity contribution in [3.05, 3.63) is 48.0 Å². The molecule has 6 nitrogen and oxygen atoms in total. The van der Waals surface area contributed by atoms with Crippen molar-refractivity contribution >= 4 is 27.3 Å². The Morgan fingerprint density at radius 2 is 1.82 bits per heavy atom. The number of alkyl halides is 3. The summed E-state index contributed by atoms with van der Waals surface area (Å²) in [4.78, 5) is 13.2. The Labute approximate surface area is 160 Å². The lowest BCUT2D eigenvalue weighted by molar-refractivity contribution is -0.137. The van der Waals surface area contributed by atoms with Crippen molar-refractivity contribution in [1.29, 1.82) is 0 Å². The van der Waals surface area contributed by atoms with Gasteiger partial charge < -0.3 is 9.64 Å². The molecule has 28 heavy (non-hydrogen) atoms. The molecule has 2 aromatic carbocycles. The lowest BCUT2D eigenvalue weighted by Crippen LogP contribution is -2.41. The highest BCUT2D eigenvalue weighted by Gasteiger charge is 2.30. The Kier molecular flexibility index (Phi) is 5.00. The predicted molar refractivity (Wildman–Crippen MR) is 96.8 cm³/mol. The number of hydrogen-bond donors (Lipinski definition) is 1. The fourth-order valence-electron chi connectivity index (χ4n) is 2.82. The van der Waals surface area contributed by atoms with E-state index in [2.05, 4.69) is 4.72 Å². The molecule has 0 spiro atoms. The van der Waals surface area contributed by atoms with Crippen LogP contribution in [-0.2, 0) is 21.0 Å². The third kappa shape index (κ3) is 4.06. The smallest absolute Gasteiger partial charge is 0.416 e. The SMILES string of the molecule is CC(=O)N1CC(C)Oc2ccc(S(=O)(=O)Nc3ccc(C(F)(F)F)cc3)cc21. The molecule has 0 saturated heterocycles. The zero-order valence-corrected chi connectivity index (χ0v) is 15.8. The lowest BCUT2D eigenvalue weighted by atomic mass is 10.2. The number of sulfonamides is 1. The molecule has 1 unspecified atom stereocenters. The molecule has 0 aromatic heterocycles. The minimum atomic E-state index is -4.51. The van der Waals surface area contributed by atoms with E-state index in [1.165, 1.54) is 30.0 Å². The second kappa shape index (κ2) is 7.01. The minimum Gasteiger partial charge on any atom is -0.487 e. The number of carbonyl (C=O) groups is 1. The van der Waals surface area contributed by atoms with Crippen molar-refractivity contribution in [2.24, 2.45) is 0 Å². The van der Waals surface area contributed by atoms with Crippen molar-refractivity contribution in [1.82, 2.24) is 0 Å². The molecule has 1 amide bonds. The first-order valence-electron chi connectivity index (χ1n) is 8.26. The summed E-state index contributed by atoms with van der Waals surface area (Å²) in [7, 11) is -4.08. The normalized spacial score (nSPS) is 16.9. The Balaban J connectivity index is 1.90. The summed E-state index contributed by atoms with van der Waals surface area (Å²) >= 11 is 0. The summed E-state index contributed by atoms with van der Waals surface area (Å²) < 4.78 is 71.0. The molecular formula is C18H17F3N2O4S. The molecule has 150 valence electrons. The average molecular weight is 414 g/mol. The monoisotopic (exact) mass is 414 g/mol. The summed E-state index contributed by atoms with van der Waals surface area (Å²) in [5.41, 5.74) is -0.576. The van der Waals surface area contributed by atoms with E-state index in [4.69, 9.17) is 4.74 Å². The summed E-state index contributed by atoms with van der Waals surface area (Å²) in [6.07, 6.45) is -4.76. The highest BCUT2D eigenvalue weighted by molar-refractivity contribution is 7.92. The van der Waals surface area contributed by atoms with E-state index in [1.807, 2.05) is 0 Å². The molecule has 1 aliphatic heterocycles. The van der Waals surface area contributed by atoms with Crippen LogP contribution in [0.4, 0.5) is 24.5 Å². The predicted octanol–water partition coefficient (Wildman–Crippen LogP) is 3.64. The topological polar surface area (TPSA) is 75.7 Å². The number of rotatable bonds is 3. The van der Waals surface area contributed by atoms with Gasteiger partial charge >= 0.3 is 6.18 Å². The molecule has 0 saturated carbocycles. The van der Waals surface area contributed by atoms with Crippen LogP contribution in [0, 0.1) is 0 Å². The summed E-state index contributed by atoms with van der Waals surface area (Å²) in [6, 6.07) is 7.70. The first kappa shape index (κ1) is 20.0. The molecule has 0 bridgehead atoms. The van der Waals surface area contributed by atoms with Crippen LogP contribution < -0.4 is 14.4 Å². The van der Waals surface area contributed by atoms with Gasteiger partial charge in [0.05, 0.1) is 22.7 Å². The lowest BCUT2D eigenvalue weighted by Gasteiger charge is -2.33. The van der Waals surface area contributed by atoms with E-state index in [9.17, 15) is 26.4 Å². The van der Waals surface area contributed by atoms with Crippen LogP contribution >= 0.6 is 0 Å². The quantitative estimate of drug-likeness (QED) is 0.832. The van der Waals surface area contributed by atoms with Gasteiger partial charge in [-0.3, -0.25) is 9.52 Å². The van der Waals surface area contributed by atoms with E-state index < -0.39 is 21.8 Å². The van der Waals surface area contributed by atoms with E-state index in [-0.39, 0.29) is 29.1 Å². The number of anilines is 2. The highest BCUT2D eigenvalue weighted by Crippen LogP contribution is 2.36. The molecule has 1 N–H and O–H groups in total. The number of amides is 1. The number of carbonyl (C=O) groups excluding carboxylic acids is 1. The molecule has 0 radical (unpaired) electrons. The van der Waals surface area contributed by atoms with E-state index in [0.717, 1.165) is 24.3 Å². The first-order chi connectivity index (χ1) is 13.0. The molecule has 0 fully saturated rings. The third-order valence-corrected chi connectivity index (χ3v) is 5.52. The molecule has 0 aliphatic carbocycles. The fraction of sp³-hybridized carbons (Fsp3) is 0.278. The van der Waals surface area contributed by atoms with Crippen LogP contribution in [0.1, 0.15) is 19.4 Å². The van der Waals surface area contributed by atoms with Crippen molar-refractivity contribution in [3.8, 4) is 5.75 Å². The van der Waals surface area contributed by atoms with Gasteiger partial charge in [0.2, 0.25) is 5.91 Å². The number of ether oxygens (including phenoxy) is 1. The average Bonchev–Trinajstić information content (AvgIpc) is 2.59. The fourth-order valence-corrected chi connectivity index (χ4v) is 3.90. The number of fused-ring (bicyclic) bond motifs is 1. The van der Waals surface area contributed by atoms with Gasteiger partial charge in [-0.05, 0) is 49.4 Å². The van der Waals surface area contributed by atoms with E-state index >= 15 is 0 Å². The number of halogens is 3. The summed E-state index contributed by atoms with van der Waals surface area (Å²) in [5, 5.41) is 0. The van der Waals surface area contributed by atoms with Crippen molar-refractivity contribution < 1.29 is 31.1 Å². The summed E-state index contributed by atoms with van der Waals surface area (Å²) in [6.45, 7) is 3.43. The van der Waals surface area contributed by atoms with Crippen LogP contribution in [0.5, 0.6) is 5.75 Å². The Bertz CT molecular complexity index is 1000. The van der Waals surface area contributed by atoms with Gasteiger partial charge in [-0.25, -0.2) is 8.42 Å². The Morgan fingerprint density at radius 1 is 1.18 bits per heavy atom. The number of benzene rings is 2. The van der Waals surface area contributed by atoms with Crippen LogP contribution in [0.15, 0.2) is 47.4 Å². The first-order valence-corrected chi connectivity index (χ1v) is 9.74. The molecule has 1 atom stereocenters. The van der Waals surface area contributed by atoms with Gasteiger partial charge in [0.1, 0.15) is 11.9 Å². The second-order valence-corrected chi connectivity index (χ2v) is 8.05. The van der Waals surface area contributed by atoms with E-state index in [0.29, 0.717) is 11.4 Å². The van der Waals surface area contributed by atoms with E-state index in [1.54, 1.807) is 6.92 Å². The Morgan fingerprint density at radius 3 is 2.39 bits per heavy atom. The van der Waals surface area contributed by atoms with Crippen LogP contribution in [0.25, 0.3) is 0 Å². The molecule has 3 rings (SSSR count). The number of nitrogens with zero attached hydrogens (tertiary/aromatic N) is 1. The largest absolute Gasteiger partial charge is 0.487 e. The molecule has 10 heteroatoms. The van der Waals surface area contributed by atoms with Gasteiger partial charge in [-0.1, -0.05) is 0 Å². The second-order valence-electron chi connectivity index (χ2n) is 6.37. The van der Waals surface area contributed by atoms with Crippen LogP contribution in [-0.4, -0.2) is 27.0 Å². The molecule has 2 aromatic rings. The molecular weight excluding hydrogens is 397 g/mol. The number of hydrogen-bond acceptors (Lipinski definition) is 4. The van der Waals surface area contributed by atoms with Crippen molar-refractivity contribution in [2.45, 2.75) is 31.0 Å². The van der Waals surface area contributed by atoms with Crippen LogP contribution in [0.2, 0.25) is 0 Å². The highest BCUT2D eigenvalue weighted by atomic mass is 32.2. The molecule has 1 heterocycles. The minimum absolute atomic E-state index is 0.0148. The van der Waals surface area contributed by atoms with Gasteiger partial charge in [-0.15, -0.1) is 0 Å². The maximum absolute atomic E-state index is 12.6. The van der Waals surface area contributed by atoms with Crippen LogP contribution in [0.3, 0.4) is 0 Å². The third-order valence-electron chi connectivity index (χ3n) is 4.14. The summed E-state index contributed by atoms with van der Waals surface area (Å²) in [5.74, 6) is 0.115. The zero-order chi connectivity index (χ0) is 20.7. The standard InChI is InChI=1S/C18H17F3N2O4S/c1-11-10-23(12(2)24)16-9-15(7-8-17(16)27-11)28(25,26)22-14-5-3-13(4-6-14)18(19,20)21/h3-9,11,22H,10H2,1-2H3. The number of nitrogens with one attached hydrogen (secondary N) is 1. The Hall–Kier alpha value is -2.75.